The van der Waals surface area contributed by atoms with E-state index in [4.69, 9.17) is 11.6 Å². The van der Waals surface area contributed by atoms with Gasteiger partial charge in [0.2, 0.25) is 5.91 Å². The van der Waals surface area contributed by atoms with Gasteiger partial charge in [-0.1, -0.05) is 29.8 Å². The predicted molar refractivity (Wildman–Crippen MR) is 116 cm³/mol. The van der Waals surface area contributed by atoms with Gasteiger partial charge in [0, 0.05) is 37.5 Å². The van der Waals surface area contributed by atoms with Gasteiger partial charge in [-0.25, -0.2) is 8.78 Å². The van der Waals surface area contributed by atoms with Crippen LogP contribution in [0.3, 0.4) is 0 Å². The largest absolute Gasteiger partial charge is 0.430 e. The van der Waals surface area contributed by atoms with Crippen LogP contribution >= 0.6 is 11.6 Å². The summed E-state index contributed by atoms with van der Waals surface area (Å²) in [5.74, 6) is -3.45. The van der Waals surface area contributed by atoms with Gasteiger partial charge in [-0.2, -0.15) is 13.2 Å². The fraction of sp³-hybridized carbons (Fsp3) is 0.417. The van der Waals surface area contributed by atoms with Crippen molar-refractivity contribution in [3.63, 3.8) is 0 Å². The lowest BCUT2D eigenvalue weighted by Gasteiger charge is -2.50. The number of halogens is 6. The Morgan fingerprint density at radius 3 is 2.29 bits per heavy atom. The zero-order chi connectivity index (χ0) is 25.6. The Labute approximate surface area is 202 Å². The Kier molecular flexibility index (Phi) is 6.56. The first-order chi connectivity index (χ1) is 16.4. The molecule has 2 aromatic rings. The summed E-state index contributed by atoms with van der Waals surface area (Å²) in [5.41, 5.74) is -4.68. The van der Waals surface area contributed by atoms with Gasteiger partial charge in [-0.15, -0.1) is 0 Å². The van der Waals surface area contributed by atoms with Crippen molar-refractivity contribution in [3.8, 4) is 0 Å². The van der Waals surface area contributed by atoms with Gasteiger partial charge in [-0.3, -0.25) is 9.59 Å². The molecule has 4 rings (SSSR count). The maximum atomic E-state index is 14.0. The van der Waals surface area contributed by atoms with E-state index in [9.17, 15) is 36.6 Å². The molecule has 2 fully saturated rings. The first kappa shape index (κ1) is 25.4. The van der Waals surface area contributed by atoms with E-state index in [1.165, 1.54) is 12.1 Å². The fourth-order valence-electron chi connectivity index (χ4n) is 5.14. The van der Waals surface area contributed by atoms with E-state index in [-0.39, 0.29) is 50.7 Å². The van der Waals surface area contributed by atoms with Crippen LogP contribution in [0, 0.1) is 17.0 Å². The first-order valence-corrected chi connectivity index (χ1v) is 11.3. The number of benzene rings is 2. The van der Waals surface area contributed by atoms with Crippen molar-refractivity contribution in [2.45, 2.75) is 37.0 Å². The number of amides is 2. The summed E-state index contributed by atoms with van der Waals surface area (Å²) in [4.78, 5) is 26.2. The number of carbonyl (C=O) groups excluding carboxylic acids is 2. The minimum Gasteiger partial charge on any atom is -0.368 e. The van der Waals surface area contributed by atoms with Crippen LogP contribution in [-0.2, 0) is 15.2 Å². The summed E-state index contributed by atoms with van der Waals surface area (Å²) >= 11 is 5.62. The van der Waals surface area contributed by atoms with Gasteiger partial charge >= 0.3 is 6.18 Å². The van der Waals surface area contributed by atoms with E-state index in [1.807, 2.05) is 0 Å². The van der Waals surface area contributed by atoms with Gasteiger partial charge in [-0.05, 0) is 48.1 Å². The fourth-order valence-corrected chi connectivity index (χ4v) is 5.32. The zero-order valence-corrected chi connectivity index (χ0v) is 19.1. The summed E-state index contributed by atoms with van der Waals surface area (Å²) < 4.78 is 69.0. The molecule has 2 heterocycles. The number of nitrogens with one attached hydrogen (secondary N) is 1. The monoisotopic (exact) mass is 516 g/mol. The molecule has 0 radical (unpaired) electrons. The molecule has 1 spiro atoms. The molecule has 35 heavy (non-hydrogen) atoms. The van der Waals surface area contributed by atoms with E-state index in [2.05, 4.69) is 5.32 Å². The van der Waals surface area contributed by atoms with E-state index in [0.29, 0.717) is 18.2 Å². The first-order valence-electron chi connectivity index (χ1n) is 10.9. The Morgan fingerprint density at radius 1 is 1.09 bits per heavy atom. The highest BCUT2D eigenvalue weighted by molar-refractivity contribution is 6.30. The molecule has 2 saturated heterocycles. The minimum absolute atomic E-state index is 0.105. The molecule has 2 atom stereocenters. The molecule has 2 amide bonds. The quantitative estimate of drug-likeness (QED) is 0.598. The van der Waals surface area contributed by atoms with E-state index in [0.717, 1.165) is 10.5 Å². The van der Waals surface area contributed by atoms with Crippen LogP contribution < -0.4 is 5.32 Å². The lowest BCUT2D eigenvalue weighted by Crippen LogP contribution is -2.59. The third-order valence-electron chi connectivity index (χ3n) is 7.13. The molecule has 5 nitrogen and oxygen atoms in total. The standard InChI is InChI=1S/C24H22ClF5N2O3/c25-18-11-15(3-6-19(18)27)23(35,24(28,29)30)21(34)32-9-7-22(8-10-32)12-20(33)31-13-17(22)14-1-4-16(26)5-2-14/h1-6,11,17,35H,7-10,12-13H2,(H,31,33)/t17-,23+/m0/s1. The van der Waals surface area contributed by atoms with E-state index < -0.39 is 45.3 Å². The van der Waals surface area contributed by atoms with Gasteiger partial charge in [0.05, 0.1) is 5.02 Å². The van der Waals surface area contributed by atoms with Crippen LogP contribution in [-0.4, -0.2) is 47.6 Å². The Bertz CT molecular complexity index is 1130. The van der Waals surface area contributed by atoms with Crippen molar-refractivity contribution in [1.29, 1.82) is 0 Å². The van der Waals surface area contributed by atoms with Gasteiger partial charge in [0.25, 0.3) is 11.5 Å². The smallest absolute Gasteiger partial charge is 0.368 e. The van der Waals surface area contributed by atoms with Gasteiger partial charge < -0.3 is 15.3 Å². The molecule has 188 valence electrons. The topological polar surface area (TPSA) is 69.6 Å². The van der Waals surface area contributed by atoms with Gasteiger partial charge in [0.15, 0.2) is 0 Å². The Balaban J connectivity index is 1.61. The van der Waals surface area contributed by atoms with Crippen LogP contribution in [0.4, 0.5) is 22.0 Å². The number of rotatable bonds is 3. The summed E-state index contributed by atoms with van der Waals surface area (Å²) in [6.07, 6.45) is -4.89. The average Bonchev–Trinajstić information content (AvgIpc) is 2.80. The van der Waals surface area contributed by atoms with Crippen molar-refractivity contribution in [3.05, 3.63) is 70.2 Å². The number of piperidine rings is 2. The number of aliphatic hydroxyl groups is 1. The van der Waals surface area contributed by atoms with Crippen LogP contribution in [0.1, 0.15) is 36.3 Å². The maximum absolute atomic E-state index is 14.0. The molecule has 2 aliphatic heterocycles. The number of hydrogen-bond acceptors (Lipinski definition) is 3. The van der Waals surface area contributed by atoms with Crippen molar-refractivity contribution in [2.24, 2.45) is 5.41 Å². The van der Waals surface area contributed by atoms with Crippen LogP contribution in [0.15, 0.2) is 42.5 Å². The third kappa shape index (κ3) is 4.49. The molecule has 0 bridgehead atoms. The molecule has 2 aromatic carbocycles. The van der Waals surface area contributed by atoms with Crippen molar-refractivity contribution in [2.75, 3.05) is 19.6 Å². The molecule has 0 unspecified atom stereocenters. The molecule has 0 aromatic heterocycles. The minimum atomic E-state index is -5.40. The predicted octanol–water partition coefficient (Wildman–Crippen LogP) is 4.28. The molecular formula is C24H22ClF5N2O3. The van der Waals surface area contributed by atoms with Gasteiger partial charge in [0.1, 0.15) is 11.6 Å². The number of alkyl halides is 3. The summed E-state index contributed by atoms with van der Waals surface area (Å²) in [5, 5.41) is 12.8. The Morgan fingerprint density at radius 2 is 1.71 bits per heavy atom. The molecule has 2 N–H and O–H groups in total. The highest BCUT2D eigenvalue weighted by atomic mass is 35.5. The number of nitrogens with zero attached hydrogens (tertiary/aromatic N) is 1. The SMILES string of the molecule is O=C1CC2(CCN(C(=O)[C@](O)(c3ccc(F)c(Cl)c3)C(F)(F)F)CC2)[C@H](c2ccc(F)cc2)CN1. The van der Waals surface area contributed by atoms with Crippen molar-refractivity contribution in [1.82, 2.24) is 10.2 Å². The molecular weight excluding hydrogens is 495 g/mol. The second-order valence-electron chi connectivity index (χ2n) is 9.08. The van der Waals surface area contributed by atoms with Crippen molar-refractivity contribution >= 4 is 23.4 Å². The summed E-state index contributed by atoms with van der Waals surface area (Å²) in [6.45, 7) is -0.00672. The molecule has 11 heteroatoms. The number of carbonyl (C=O) groups is 2. The molecule has 2 aliphatic rings. The highest BCUT2D eigenvalue weighted by Crippen LogP contribution is 2.50. The lowest BCUT2D eigenvalue weighted by atomic mass is 9.62. The third-order valence-corrected chi connectivity index (χ3v) is 7.42. The normalized spacial score (nSPS) is 22.0. The second-order valence-corrected chi connectivity index (χ2v) is 9.48. The van der Waals surface area contributed by atoms with E-state index in [1.54, 1.807) is 12.1 Å². The van der Waals surface area contributed by atoms with Crippen LogP contribution in [0.25, 0.3) is 0 Å². The summed E-state index contributed by atoms with van der Waals surface area (Å²) in [7, 11) is 0. The second kappa shape index (κ2) is 9.05. The number of likely N-dealkylation sites (tertiary alicyclic amines) is 1. The van der Waals surface area contributed by atoms with Crippen LogP contribution in [0.5, 0.6) is 0 Å². The average molecular weight is 517 g/mol. The van der Waals surface area contributed by atoms with E-state index >= 15 is 0 Å². The van der Waals surface area contributed by atoms with Crippen molar-refractivity contribution < 1.29 is 36.6 Å². The molecule has 0 saturated carbocycles. The molecule has 0 aliphatic carbocycles. The summed E-state index contributed by atoms with van der Waals surface area (Å²) in [6, 6.07) is 7.73. The Hall–Kier alpha value is -2.72. The van der Waals surface area contributed by atoms with Crippen LogP contribution in [0.2, 0.25) is 5.02 Å². The lowest BCUT2D eigenvalue weighted by molar-refractivity contribution is -0.262. The highest BCUT2D eigenvalue weighted by Gasteiger charge is 2.62. The number of hydrogen-bond donors (Lipinski definition) is 2. The maximum Gasteiger partial charge on any atom is 0.430 e. The zero-order valence-electron chi connectivity index (χ0n) is 18.3.